The molecule has 6 heterocycles. The van der Waals surface area contributed by atoms with Gasteiger partial charge in [0, 0.05) is 42.3 Å². The van der Waals surface area contributed by atoms with Gasteiger partial charge in [0.1, 0.15) is 28.8 Å². The third-order valence-electron chi connectivity index (χ3n) is 15.3. The van der Waals surface area contributed by atoms with Crippen LogP contribution in [-0.4, -0.2) is 116 Å². The van der Waals surface area contributed by atoms with E-state index in [0.29, 0.717) is 74.6 Å². The number of furan rings is 3. The molecule has 0 aliphatic carbocycles. The third-order valence-corrected chi connectivity index (χ3v) is 16.8. The summed E-state index contributed by atoms with van der Waals surface area (Å²) in [6.07, 6.45) is 2.58. The lowest BCUT2D eigenvalue weighted by Crippen LogP contribution is -2.26. The minimum Gasteiger partial charge on any atom is -0.505 e. The Balaban J connectivity index is 0.000000302. The number of aromatic hydroxyl groups is 3. The molecule has 3 amide bonds. The van der Waals surface area contributed by atoms with E-state index in [9.17, 15) is 29.7 Å². The van der Waals surface area contributed by atoms with E-state index in [2.05, 4.69) is 120 Å². The first-order valence-corrected chi connectivity index (χ1v) is 32.4. The zero-order chi connectivity index (χ0) is 68.5. The predicted molar refractivity (Wildman–Crippen MR) is 390 cm³/mol. The summed E-state index contributed by atoms with van der Waals surface area (Å²) in [6.45, 7) is 28.1. The molecule has 0 unspecified atom stereocenters. The van der Waals surface area contributed by atoms with Crippen LogP contribution >= 0.6 is 35.2 Å². The van der Waals surface area contributed by atoms with Crippen molar-refractivity contribution < 1.29 is 43.0 Å². The number of phenolic OH excluding ortho intramolecular Hbond substituents is 3. The number of nitrogens with zero attached hydrogens (tertiary/aromatic N) is 9. The SMILES string of the molecule is C.C.C.CC[C@@H](Nc1nsnc1Nc1ccc(C)c(C(=O)N(C)C)c1O)c1cc(C(C)C)co1.Cc1cc([C@H](Nc2nsnc2Nc2ccc(C)c(C(=O)N(C)C)c2O)C(C)C)oc1C.Cc1ccc([C@H](Nc2nsnc2Nc2ccc(C)c(C(=O)N(C)C)c2O)C(C)(C)C)o1. The summed E-state index contributed by atoms with van der Waals surface area (Å²) in [4.78, 5) is 41.8. The maximum atomic E-state index is 12.5. The fraction of sp³-hybridized carbons (Fsp3) is 0.435. The van der Waals surface area contributed by atoms with E-state index in [0.717, 1.165) is 81.5 Å². The molecule has 0 bridgehead atoms. The Kier molecular flexibility index (Phi) is 28.0. The van der Waals surface area contributed by atoms with Gasteiger partial charge in [0.2, 0.25) is 0 Å². The van der Waals surface area contributed by atoms with Gasteiger partial charge in [-0.15, -0.1) is 0 Å². The third kappa shape index (κ3) is 18.8. The van der Waals surface area contributed by atoms with Crippen molar-refractivity contribution in [1.29, 1.82) is 0 Å². The van der Waals surface area contributed by atoms with E-state index in [1.54, 1.807) is 106 Å². The van der Waals surface area contributed by atoms with Gasteiger partial charge in [-0.05, 0) is 135 Å². The number of hydrogen-bond donors (Lipinski definition) is 9. The van der Waals surface area contributed by atoms with Crippen molar-refractivity contribution in [3.8, 4) is 17.2 Å². The molecule has 0 saturated carbocycles. The number of nitrogens with one attached hydrogen (secondary N) is 6. The first kappa shape index (κ1) is 79.2. The van der Waals surface area contributed by atoms with Crippen LogP contribution < -0.4 is 31.9 Å². The Morgan fingerprint density at radius 2 is 0.906 bits per heavy atom. The molecule has 0 saturated heterocycles. The fourth-order valence-electron chi connectivity index (χ4n) is 9.66. The van der Waals surface area contributed by atoms with Gasteiger partial charge in [-0.2, -0.15) is 26.2 Å². The lowest BCUT2D eigenvalue weighted by molar-refractivity contribution is 0.0816. The van der Waals surface area contributed by atoms with Crippen LogP contribution in [0.25, 0.3) is 0 Å². The van der Waals surface area contributed by atoms with Crippen molar-refractivity contribution in [2.75, 3.05) is 74.2 Å². The van der Waals surface area contributed by atoms with Crippen LogP contribution in [0.5, 0.6) is 17.2 Å². The molecular formula is C69H99N15O9S3. The lowest BCUT2D eigenvalue weighted by Gasteiger charge is -2.30. The van der Waals surface area contributed by atoms with Crippen LogP contribution in [0, 0.1) is 52.9 Å². The summed E-state index contributed by atoms with van der Waals surface area (Å²) < 4.78 is 43.7. The molecule has 6 aromatic heterocycles. The average Bonchev–Trinajstić information content (AvgIpc) is 1.83. The van der Waals surface area contributed by atoms with E-state index in [4.69, 9.17) is 13.3 Å². The Morgan fingerprint density at radius 1 is 0.510 bits per heavy atom. The lowest BCUT2D eigenvalue weighted by atomic mass is 9.85. The topological polar surface area (TPSA) is 311 Å². The minimum atomic E-state index is -0.269. The molecule has 0 spiro atoms. The van der Waals surface area contributed by atoms with Gasteiger partial charge in [-0.25, -0.2) is 0 Å². The molecule has 9 N–H and O–H groups in total. The van der Waals surface area contributed by atoms with Crippen molar-refractivity contribution >= 4 is 105 Å². The van der Waals surface area contributed by atoms with Crippen LogP contribution in [0.3, 0.4) is 0 Å². The van der Waals surface area contributed by atoms with E-state index in [1.165, 1.54) is 14.7 Å². The van der Waals surface area contributed by atoms with Gasteiger partial charge < -0.3 is 75.2 Å². The number of carbonyl (C=O) groups is 3. The number of aryl methyl sites for hydroxylation is 6. The molecule has 0 aliphatic rings. The Morgan fingerprint density at radius 3 is 1.23 bits per heavy atom. The molecule has 9 rings (SSSR count). The number of amides is 3. The first-order valence-electron chi connectivity index (χ1n) is 30.2. The number of hydrogen-bond acceptors (Lipinski definition) is 24. The molecule has 3 aromatic carbocycles. The number of rotatable bonds is 21. The molecule has 3 atom stereocenters. The van der Waals surface area contributed by atoms with Crippen molar-refractivity contribution in [3.63, 3.8) is 0 Å². The molecule has 0 radical (unpaired) electrons. The molecule has 24 nitrogen and oxygen atoms in total. The number of carbonyl (C=O) groups excluding carboxylic acids is 3. The highest BCUT2D eigenvalue weighted by Crippen LogP contribution is 2.42. The monoisotopic (exact) mass is 1380 g/mol. The highest BCUT2D eigenvalue weighted by Gasteiger charge is 2.32. The highest BCUT2D eigenvalue weighted by atomic mass is 32.1. The Bertz CT molecular complexity index is 4020. The van der Waals surface area contributed by atoms with Crippen molar-refractivity contribution in [1.82, 2.24) is 40.9 Å². The van der Waals surface area contributed by atoms with Gasteiger partial charge in [-0.3, -0.25) is 14.4 Å². The van der Waals surface area contributed by atoms with Crippen LogP contribution in [0.2, 0.25) is 0 Å². The van der Waals surface area contributed by atoms with Crippen LogP contribution in [0.1, 0.15) is 196 Å². The number of phenols is 3. The van der Waals surface area contributed by atoms with Gasteiger partial charge in [0.05, 0.1) is 93.3 Å². The second kappa shape index (κ2) is 33.9. The fourth-order valence-corrected chi connectivity index (χ4v) is 11.1. The predicted octanol–water partition coefficient (Wildman–Crippen LogP) is 17.3. The van der Waals surface area contributed by atoms with Crippen LogP contribution in [0.4, 0.5) is 52.0 Å². The summed E-state index contributed by atoms with van der Waals surface area (Å²) in [5.74, 6) is 6.73. The molecule has 0 aliphatic heterocycles. The van der Waals surface area contributed by atoms with Crippen molar-refractivity contribution in [2.45, 2.75) is 150 Å². The molecular weight excluding hydrogens is 1280 g/mol. The first-order chi connectivity index (χ1) is 43.8. The Labute approximate surface area is 578 Å². The van der Waals surface area contributed by atoms with E-state index < -0.39 is 0 Å². The summed E-state index contributed by atoms with van der Waals surface area (Å²) in [5.41, 5.74) is 6.09. The van der Waals surface area contributed by atoms with Gasteiger partial charge in [0.25, 0.3) is 17.7 Å². The number of anilines is 9. The summed E-state index contributed by atoms with van der Waals surface area (Å²) >= 11 is 3.16. The van der Waals surface area contributed by atoms with E-state index >= 15 is 0 Å². The molecule has 96 heavy (non-hydrogen) atoms. The highest BCUT2D eigenvalue weighted by molar-refractivity contribution is 7.00. The maximum absolute atomic E-state index is 12.5. The maximum Gasteiger partial charge on any atom is 0.257 e. The molecule has 0 fully saturated rings. The van der Waals surface area contributed by atoms with Gasteiger partial charge in [-0.1, -0.05) is 95.9 Å². The molecule has 522 valence electrons. The zero-order valence-electron chi connectivity index (χ0n) is 56.5. The quantitative estimate of drug-likeness (QED) is 0.0302. The standard InChI is InChI=1S/3C22H29N5O3S.3CH4/c1-12-8-10-14(17(28)16(12)21(29)27(6)7)23-19-20(26-31-25-19)24-18(22(3,4)5)15-11-9-13(2)30-15;1-11(2)18(16-10-13(4)14(5)30-16)24-21-20(25-31-26-21)23-15-9-8-12(3)17(19(15)28)22(29)27(6)7;1-7-15(17-10-14(11-30-17)12(2)3)23-20-21(26-31-25-20)24-16-9-8-13(4)18(19(16)28)22(29)27(5)6;;;/h2*8-11,18,28H,1-7H3,(H,23,25)(H,24,26);8-12,15,28H,7H2,1-6H3,(H,23,25)(H,24,26);3*1H4/t2*18-;15-;;;/m011.../s1. The second-order valence-electron chi connectivity index (χ2n) is 25.0. The largest absolute Gasteiger partial charge is 0.505 e. The van der Waals surface area contributed by atoms with Crippen molar-refractivity contribution in [3.05, 3.63) is 140 Å². The Hall–Kier alpha value is -9.21. The second-order valence-corrected chi connectivity index (χ2v) is 26.6. The van der Waals surface area contributed by atoms with Crippen molar-refractivity contribution in [2.24, 2.45) is 11.3 Å². The van der Waals surface area contributed by atoms with E-state index in [1.807, 2.05) is 39.0 Å². The molecule has 9 aromatic rings. The minimum absolute atomic E-state index is 0. The van der Waals surface area contributed by atoms with Gasteiger partial charge in [0.15, 0.2) is 52.2 Å². The van der Waals surface area contributed by atoms with Crippen LogP contribution in [-0.2, 0) is 0 Å². The summed E-state index contributed by atoms with van der Waals surface area (Å²) in [6, 6.07) is 18.2. The zero-order valence-corrected chi connectivity index (χ0v) is 58.9. The summed E-state index contributed by atoms with van der Waals surface area (Å²) in [5, 5.41) is 51.9. The smallest absolute Gasteiger partial charge is 0.257 e. The number of aromatic nitrogens is 6. The molecule has 27 heteroatoms. The van der Waals surface area contributed by atoms with Gasteiger partial charge >= 0.3 is 0 Å². The average molecular weight is 1380 g/mol. The number of benzene rings is 3. The van der Waals surface area contributed by atoms with Crippen LogP contribution in [0.15, 0.2) is 80.2 Å². The summed E-state index contributed by atoms with van der Waals surface area (Å²) in [7, 11) is 9.90. The normalized spacial score (nSPS) is 11.9. The van der Waals surface area contributed by atoms with E-state index in [-0.39, 0.29) is 103 Å².